The lowest BCUT2D eigenvalue weighted by Crippen LogP contribution is -2.46. The summed E-state index contributed by atoms with van der Waals surface area (Å²) in [6.07, 6.45) is 2.77. The van der Waals surface area contributed by atoms with Crippen molar-refractivity contribution in [2.75, 3.05) is 63.6 Å². The van der Waals surface area contributed by atoms with E-state index in [-0.39, 0.29) is 0 Å². The van der Waals surface area contributed by atoms with Gasteiger partial charge in [-0.2, -0.15) is 10.1 Å². The summed E-state index contributed by atoms with van der Waals surface area (Å²) in [6, 6.07) is 10.6. The van der Waals surface area contributed by atoms with Crippen LogP contribution in [0.2, 0.25) is 0 Å². The Hall–Kier alpha value is -2.25. The van der Waals surface area contributed by atoms with Gasteiger partial charge in [0.15, 0.2) is 5.82 Å². The highest BCUT2D eigenvalue weighted by atomic mass is 15.4. The predicted octanol–water partition coefficient (Wildman–Crippen LogP) is 1.56. The van der Waals surface area contributed by atoms with Crippen molar-refractivity contribution >= 4 is 11.8 Å². The molecule has 26 heavy (non-hydrogen) atoms. The first-order valence-corrected chi connectivity index (χ1v) is 9.30. The molecule has 1 fully saturated rings. The quantitative estimate of drug-likeness (QED) is 0.721. The molecule has 1 aromatic carbocycles. The minimum Gasteiger partial charge on any atom is -0.369 e. The molecule has 1 aliphatic rings. The van der Waals surface area contributed by atoms with Gasteiger partial charge in [0.05, 0.1) is 6.20 Å². The van der Waals surface area contributed by atoms with E-state index in [4.69, 9.17) is 0 Å². The van der Waals surface area contributed by atoms with E-state index >= 15 is 0 Å². The van der Waals surface area contributed by atoms with Crippen molar-refractivity contribution in [3.05, 3.63) is 42.1 Å². The van der Waals surface area contributed by atoms with E-state index in [1.807, 2.05) is 0 Å². The standard InChI is InChI=1S/C19H29N7/c1-24(2)10-6-9-20-18-15-21-23-19(22-18)26-13-11-25(12-14-26)16-17-7-4-3-5-8-17/h3-5,7-8,15H,6,9-14,16H2,1-2H3,(H,20,22,23). The van der Waals surface area contributed by atoms with Crippen molar-refractivity contribution in [2.45, 2.75) is 13.0 Å². The van der Waals surface area contributed by atoms with Gasteiger partial charge in [-0.25, -0.2) is 0 Å². The molecule has 3 rings (SSSR count). The second-order valence-electron chi connectivity index (χ2n) is 6.97. The van der Waals surface area contributed by atoms with Crippen LogP contribution in [0.4, 0.5) is 11.8 Å². The summed E-state index contributed by atoms with van der Waals surface area (Å²) >= 11 is 0. The van der Waals surface area contributed by atoms with Crippen LogP contribution in [0.3, 0.4) is 0 Å². The number of benzene rings is 1. The van der Waals surface area contributed by atoms with Gasteiger partial charge in [0.1, 0.15) is 0 Å². The van der Waals surface area contributed by atoms with Crippen LogP contribution in [0.15, 0.2) is 36.5 Å². The molecule has 1 N–H and O–H groups in total. The average Bonchev–Trinajstić information content (AvgIpc) is 2.67. The van der Waals surface area contributed by atoms with Crippen LogP contribution in [-0.2, 0) is 6.54 Å². The monoisotopic (exact) mass is 355 g/mol. The number of nitrogens with zero attached hydrogens (tertiary/aromatic N) is 6. The molecule has 1 aromatic heterocycles. The van der Waals surface area contributed by atoms with E-state index < -0.39 is 0 Å². The number of nitrogens with one attached hydrogen (secondary N) is 1. The third kappa shape index (κ3) is 5.64. The third-order valence-corrected chi connectivity index (χ3v) is 4.54. The molecule has 0 spiro atoms. The molecule has 1 saturated heterocycles. The zero-order valence-electron chi connectivity index (χ0n) is 15.8. The highest BCUT2D eigenvalue weighted by Crippen LogP contribution is 2.14. The second kappa shape index (κ2) is 9.45. The Balaban J connectivity index is 1.47. The van der Waals surface area contributed by atoms with E-state index in [1.54, 1.807) is 6.20 Å². The van der Waals surface area contributed by atoms with E-state index in [0.717, 1.165) is 64.0 Å². The molecule has 1 aliphatic heterocycles. The number of anilines is 2. The number of aromatic nitrogens is 3. The van der Waals surface area contributed by atoms with Crippen LogP contribution in [0, 0.1) is 0 Å². The van der Waals surface area contributed by atoms with Gasteiger partial charge in [0.2, 0.25) is 5.95 Å². The molecule has 7 heteroatoms. The fraction of sp³-hybridized carbons (Fsp3) is 0.526. The van der Waals surface area contributed by atoms with Gasteiger partial charge in [-0.1, -0.05) is 30.3 Å². The minimum atomic E-state index is 0.724. The van der Waals surface area contributed by atoms with Crippen molar-refractivity contribution in [1.29, 1.82) is 0 Å². The first kappa shape index (κ1) is 18.5. The minimum absolute atomic E-state index is 0.724. The summed E-state index contributed by atoms with van der Waals surface area (Å²) in [5, 5.41) is 11.7. The molecule has 2 heterocycles. The van der Waals surface area contributed by atoms with Crippen LogP contribution in [-0.4, -0.2) is 78.3 Å². The molecule has 0 saturated carbocycles. The molecule has 0 bridgehead atoms. The maximum atomic E-state index is 4.63. The Labute approximate surface area is 156 Å². The lowest BCUT2D eigenvalue weighted by atomic mass is 10.2. The first-order valence-electron chi connectivity index (χ1n) is 9.30. The largest absolute Gasteiger partial charge is 0.369 e. The Morgan fingerprint density at radius 3 is 2.58 bits per heavy atom. The molecule has 2 aromatic rings. The third-order valence-electron chi connectivity index (χ3n) is 4.54. The molecule has 0 atom stereocenters. The Morgan fingerprint density at radius 2 is 1.85 bits per heavy atom. The van der Waals surface area contributed by atoms with Crippen molar-refractivity contribution in [1.82, 2.24) is 25.0 Å². The Kier molecular flexibility index (Phi) is 6.74. The molecule has 0 unspecified atom stereocenters. The van der Waals surface area contributed by atoms with Crippen molar-refractivity contribution in [3.8, 4) is 0 Å². The van der Waals surface area contributed by atoms with E-state index in [0.29, 0.717) is 0 Å². The number of hydrogen-bond acceptors (Lipinski definition) is 7. The van der Waals surface area contributed by atoms with Gasteiger partial charge in [0, 0.05) is 39.3 Å². The smallest absolute Gasteiger partial charge is 0.247 e. The molecular formula is C19H29N7. The fourth-order valence-electron chi connectivity index (χ4n) is 3.07. The lowest BCUT2D eigenvalue weighted by molar-refractivity contribution is 0.248. The van der Waals surface area contributed by atoms with Crippen molar-refractivity contribution in [2.24, 2.45) is 0 Å². The molecule has 0 aliphatic carbocycles. The summed E-state index contributed by atoms with van der Waals surface area (Å²) in [4.78, 5) is 11.5. The predicted molar refractivity (Wildman–Crippen MR) is 105 cm³/mol. The highest BCUT2D eigenvalue weighted by molar-refractivity contribution is 5.39. The van der Waals surface area contributed by atoms with Crippen LogP contribution in [0.1, 0.15) is 12.0 Å². The molecule has 7 nitrogen and oxygen atoms in total. The molecular weight excluding hydrogens is 326 g/mol. The van der Waals surface area contributed by atoms with Gasteiger partial charge < -0.3 is 15.1 Å². The Morgan fingerprint density at radius 1 is 1.08 bits per heavy atom. The normalized spacial score (nSPS) is 15.4. The van der Waals surface area contributed by atoms with E-state index in [9.17, 15) is 0 Å². The van der Waals surface area contributed by atoms with Gasteiger partial charge in [-0.3, -0.25) is 4.90 Å². The van der Waals surface area contributed by atoms with E-state index in [2.05, 4.69) is 79.6 Å². The van der Waals surface area contributed by atoms with Crippen molar-refractivity contribution < 1.29 is 0 Å². The van der Waals surface area contributed by atoms with E-state index in [1.165, 1.54) is 5.56 Å². The second-order valence-corrected chi connectivity index (χ2v) is 6.97. The highest BCUT2D eigenvalue weighted by Gasteiger charge is 2.19. The van der Waals surface area contributed by atoms with Crippen LogP contribution >= 0.6 is 0 Å². The topological polar surface area (TPSA) is 60.4 Å². The molecule has 0 amide bonds. The van der Waals surface area contributed by atoms with Gasteiger partial charge in [-0.15, -0.1) is 5.10 Å². The van der Waals surface area contributed by atoms with Crippen molar-refractivity contribution in [3.63, 3.8) is 0 Å². The zero-order chi connectivity index (χ0) is 18.2. The van der Waals surface area contributed by atoms with Gasteiger partial charge in [0.25, 0.3) is 0 Å². The first-order chi connectivity index (χ1) is 12.7. The number of piperazine rings is 1. The Bertz CT molecular complexity index is 654. The summed E-state index contributed by atoms with van der Waals surface area (Å²) in [5.41, 5.74) is 1.36. The van der Waals surface area contributed by atoms with Crippen LogP contribution in [0.25, 0.3) is 0 Å². The number of rotatable bonds is 8. The number of hydrogen-bond donors (Lipinski definition) is 1. The summed E-state index contributed by atoms with van der Waals surface area (Å²) in [5.74, 6) is 1.53. The SMILES string of the molecule is CN(C)CCCNc1cnnc(N2CCN(Cc3ccccc3)CC2)n1. The van der Waals surface area contributed by atoms with Crippen LogP contribution in [0.5, 0.6) is 0 Å². The maximum absolute atomic E-state index is 4.63. The van der Waals surface area contributed by atoms with Crippen LogP contribution < -0.4 is 10.2 Å². The van der Waals surface area contributed by atoms with Gasteiger partial charge in [-0.05, 0) is 32.6 Å². The summed E-state index contributed by atoms with van der Waals surface area (Å²) in [6.45, 7) is 6.83. The fourth-order valence-corrected chi connectivity index (χ4v) is 3.07. The average molecular weight is 355 g/mol. The zero-order valence-corrected chi connectivity index (χ0v) is 15.8. The summed E-state index contributed by atoms with van der Waals surface area (Å²) < 4.78 is 0. The maximum Gasteiger partial charge on any atom is 0.247 e. The lowest BCUT2D eigenvalue weighted by Gasteiger charge is -2.34. The molecule has 0 radical (unpaired) electrons. The molecule has 140 valence electrons. The van der Waals surface area contributed by atoms with Gasteiger partial charge >= 0.3 is 0 Å². The summed E-state index contributed by atoms with van der Waals surface area (Å²) in [7, 11) is 4.17.